The SMILES string of the molecule is Cc1ccc2c(c1)C1=C(CCC(C(=O)O)C1)c1ccccc1C2. The van der Waals surface area contributed by atoms with Gasteiger partial charge in [-0.3, -0.25) is 4.79 Å². The van der Waals surface area contributed by atoms with Gasteiger partial charge in [-0.1, -0.05) is 48.0 Å². The number of carboxylic acid groups (broad SMARTS) is 1. The standard InChI is InChI=1S/C21H20O2/c1-13-6-7-15-11-14-4-2-3-5-17(14)18-9-8-16(21(22)23)12-20(18)19(15)10-13/h2-7,10,16H,8-9,11-12H2,1H3,(H,22,23). The zero-order valence-corrected chi connectivity index (χ0v) is 13.3. The van der Waals surface area contributed by atoms with Crippen LogP contribution in [0.2, 0.25) is 0 Å². The van der Waals surface area contributed by atoms with Gasteiger partial charge in [0, 0.05) is 0 Å². The van der Waals surface area contributed by atoms with Crippen LogP contribution in [0.5, 0.6) is 0 Å². The summed E-state index contributed by atoms with van der Waals surface area (Å²) in [6, 6.07) is 15.2. The summed E-state index contributed by atoms with van der Waals surface area (Å²) >= 11 is 0. The van der Waals surface area contributed by atoms with Crippen molar-refractivity contribution in [2.24, 2.45) is 5.92 Å². The molecule has 0 aliphatic heterocycles. The third-order valence-corrected chi connectivity index (χ3v) is 5.22. The van der Waals surface area contributed by atoms with Gasteiger partial charge < -0.3 is 5.11 Å². The number of carbonyl (C=O) groups is 1. The predicted octanol–water partition coefficient (Wildman–Crippen LogP) is 4.69. The van der Waals surface area contributed by atoms with Crippen molar-refractivity contribution >= 4 is 17.1 Å². The highest BCUT2D eigenvalue weighted by Crippen LogP contribution is 2.45. The van der Waals surface area contributed by atoms with Crippen LogP contribution in [-0.2, 0) is 11.2 Å². The zero-order valence-electron chi connectivity index (χ0n) is 13.3. The average Bonchev–Trinajstić information content (AvgIpc) is 2.69. The molecule has 4 rings (SSSR count). The summed E-state index contributed by atoms with van der Waals surface area (Å²) in [5.41, 5.74) is 9.12. The molecule has 1 N–H and O–H groups in total. The zero-order chi connectivity index (χ0) is 16.0. The molecule has 2 aliphatic rings. The summed E-state index contributed by atoms with van der Waals surface area (Å²) in [5.74, 6) is -0.921. The lowest BCUT2D eigenvalue weighted by Gasteiger charge is -2.26. The molecule has 2 aliphatic carbocycles. The summed E-state index contributed by atoms with van der Waals surface area (Å²) in [6.07, 6.45) is 3.17. The number of fused-ring (bicyclic) bond motifs is 4. The van der Waals surface area contributed by atoms with Crippen molar-refractivity contribution in [2.45, 2.75) is 32.6 Å². The fraction of sp³-hybridized carbons (Fsp3) is 0.286. The predicted molar refractivity (Wildman–Crippen MR) is 92.2 cm³/mol. The molecule has 0 spiro atoms. The second-order valence-electron chi connectivity index (χ2n) is 6.73. The smallest absolute Gasteiger partial charge is 0.306 e. The minimum absolute atomic E-state index is 0.257. The molecule has 23 heavy (non-hydrogen) atoms. The van der Waals surface area contributed by atoms with Gasteiger partial charge in [0.2, 0.25) is 0 Å². The first-order chi connectivity index (χ1) is 11.1. The maximum atomic E-state index is 11.5. The number of aryl methyl sites for hydroxylation is 1. The fourth-order valence-corrected chi connectivity index (χ4v) is 4.02. The molecule has 1 atom stereocenters. The Morgan fingerprint density at radius 3 is 2.65 bits per heavy atom. The van der Waals surface area contributed by atoms with E-state index in [0.717, 1.165) is 19.3 Å². The monoisotopic (exact) mass is 304 g/mol. The first-order valence-corrected chi connectivity index (χ1v) is 8.26. The Morgan fingerprint density at radius 2 is 1.83 bits per heavy atom. The third kappa shape index (κ3) is 2.39. The topological polar surface area (TPSA) is 37.3 Å². The van der Waals surface area contributed by atoms with E-state index in [2.05, 4.69) is 49.4 Å². The first-order valence-electron chi connectivity index (χ1n) is 8.26. The first kappa shape index (κ1) is 14.3. The van der Waals surface area contributed by atoms with Crippen LogP contribution in [0.25, 0.3) is 11.1 Å². The van der Waals surface area contributed by atoms with E-state index in [-0.39, 0.29) is 5.92 Å². The Hall–Kier alpha value is -2.35. The van der Waals surface area contributed by atoms with Crippen molar-refractivity contribution in [1.82, 2.24) is 0 Å². The number of allylic oxidation sites excluding steroid dienone is 2. The number of rotatable bonds is 1. The number of hydrogen-bond donors (Lipinski definition) is 1. The van der Waals surface area contributed by atoms with Gasteiger partial charge in [-0.2, -0.15) is 0 Å². The summed E-state index contributed by atoms with van der Waals surface area (Å²) < 4.78 is 0. The van der Waals surface area contributed by atoms with Gasteiger partial charge >= 0.3 is 5.97 Å². The van der Waals surface area contributed by atoms with Gasteiger partial charge in [0.05, 0.1) is 5.92 Å². The lowest BCUT2D eigenvalue weighted by molar-refractivity contribution is -0.141. The van der Waals surface area contributed by atoms with Gasteiger partial charge in [-0.25, -0.2) is 0 Å². The molecule has 2 aromatic rings. The van der Waals surface area contributed by atoms with Gasteiger partial charge in [0.15, 0.2) is 0 Å². The molecule has 0 saturated heterocycles. The van der Waals surface area contributed by atoms with Crippen LogP contribution >= 0.6 is 0 Å². The molecule has 2 nitrogen and oxygen atoms in total. The maximum absolute atomic E-state index is 11.5. The molecule has 0 fully saturated rings. The number of aliphatic carboxylic acids is 1. The molecule has 2 aromatic carbocycles. The molecule has 0 amide bonds. The van der Waals surface area contributed by atoms with E-state index in [4.69, 9.17) is 0 Å². The van der Waals surface area contributed by atoms with Crippen LogP contribution in [0.3, 0.4) is 0 Å². The van der Waals surface area contributed by atoms with E-state index in [1.54, 1.807) is 0 Å². The van der Waals surface area contributed by atoms with Crippen LogP contribution in [0.15, 0.2) is 42.5 Å². The minimum Gasteiger partial charge on any atom is -0.481 e. The summed E-state index contributed by atoms with van der Waals surface area (Å²) in [7, 11) is 0. The molecule has 0 saturated carbocycles. The van der Waals surface area contributed by atoms with E-state index in [9.17, 15) is 9.90 Å². The Kier molecular flexibility index (Phi) is 3.33. The molecule has 0 radical (unpaired) electrons. The minimum atomic E-state index is -0.664. The molecule has 0 heterocycles. The number of carboxylic acids is 1. The molecule has 0 bridgehead atoms. The van der Waals surface area contributed by atoms with E-state index >= 15 is 0 Å². The van der Waals surface area contributed by atoms with Gasteiger partial charge in [0.25, 0.3) is 0 Å². The average molecular weight is 304 g/mol. The van der Waals surface area contributed by atoms with Crippen LogP contribution < -0.4 is 0 Å². The fourth-order valence-electron chi connectivity index (χ4n) is 4.02. The van der Waals surface area contributed by atoms with E-state index in [1.165, 1.54) is 39.0 Å². The largest absolute Gasteiger partial charge is 0.481 e. The maximum Gasteiger partial charge on any atom is 0.306 e. The molecular weight excluding hydrogens is 284 g/mol. The van der Waals surface area contributed by atoms with Gasteiger partial charge in [-0.15, -0.1) is 0 Å². The molecule has 0 aromatic heterocycles. The molecule has 2 heteroatoms. The van der Waals surface area contributed by atoms with Crippen molar-refractivity contribution in [3.8, 4) is 0 Å². The Bertz CT molecular complexity index is 829. The Balaban J connectivity index is 1.96. The van der Waals surface area contributed by atoms with Crippen LogP contribution in [0.1, 0.15) is 47.1 Å². The Labute approximate surface area is 136 Å². The van der Waals surface area contributed by atoms with Crippen LogP contribution in [0.4, 0.5) is 0 Å². The molecule has 1 unspecified atom stereocenters. The summed E-state index contributed by atoms with van der Waals surface area (Å²) in [4.78, 5) is 11.5. The van der Waals surface area contributed by atoms with Crippen molar-refractivity contribution < 1.29 is 9.90 Å². The van der Waals surface area contributed by atoms with Crippen molar-refractivity contribution in [1.29, 1.82) is 0 Å². The van der Waals surface area contributed by atoms with Crippen molar-refractivity contribution in [2.75, 3.05) is 0 Å². The highest BCUT2D eigenvalue weighted by Gasteiger charge is 2.30. The second-order valence-corrected chi connectivity index (χ2v) is 6.73. The van der Waals surface area contributed by atoms with Crippen LogP contribution in [-0.4, -0.2) is 11.1 Å². The van der Waals surface area contributed by atoms with Gasteiger partial charge in [0.1, 0.15) is 0 Å². The quantitative estimate of drug-likeness (QED) is 0.829. The van der Waals surface area contributed by atoms with Gasteiger partial charge in [-0.05, 0) is 66.0 Å². The Morgan fingerprint density at radius 1 is 1.04 bits per heavy atom. The van der Waals surface area contributed by atoms with E-state index in [0.29, 0.717) is 6.42 Å². The second kappa shape index (κ2) is 5.38. The van der Waals surface area contributed by atoms with Crippen molar-refractivity contribution in [3.05, 3.63) is 70.3 Å². The van der Waals surface area contributed by atoms with Crippen molar-refractivity contribution in [3.63, 3.8) is 0 Å². The highest BCUT2D eigenvalue weighted by molar-refractivity contribution is 5.96. The van der Waals surface area contributed by atoms with Crippen LogP contribution in [0, 0.1) is 12.8 Å². The van der Waals surface area contributed by atoms with E-state index in [1.807, 2.05) is 0 Å². The third-order valence-electron chi connectivity index (χ3n) is 5.22. The summed E-state index contributed by atoms with van der Waals surface area (Å²) in [5, 5.41) is 9.47. The number of hydrogen-bond acceptors (Lipinski definition) is 1. The van der Waals surface area contributed by atoms with E-state index < -0.39 is 5.97 Å². The number of benzene rings is 2. The molecule has 116 valence electrons. The highest BCUT2D eigenvalue weighted by atomic mass is 16.4. The lowest BCUT2D eigenvalue weighted by atomic mass is 9.78. The lowest BCUT2D eigenvalue weighted by Crippen LogP contribution is -2.18. The normalized spacial score (nSPS) is 19.4. The molecular formula is C21H20O2. The summed E-state index contributed by atoms with van der Waals surface area (Å²) in [6.45, 7) is 2.11.